The molecule has 0 amide bonds. The van der Waals surface area contributed by atoms with Gasteiger partial charge in [0.15, 0.2) is 0 Å². The fourth-order valence-electron chi connectivity index (χ4n) is 2.79. The van der Waals surface area contributed by atoms with Crippen LogP contribution in [0.5, 0.6) is 0 Å². The largest absolute Gasteiger partial charge is 0.391 e. The van der Waals surface area contributed by atoms with Gasteiger partial charge in [0.2, 0.25) is 0 Å². The van der Waals surface area contributed by atoms with E-state index in [1.165, 1.54) is 12.8 Å². The van der Waals surface area contributed by atoms with Crippen LogP contribution in [0.3, 0.4) is 0 Å². The molecular weight excluding hydrogens is 234 g/mol. The lowest BCUT2D eigenvalue weighted by Gasteiger charge is -2.25. The van der Waals surface area contributed by atoms with Gasteiger partial charge in [0.1, 0.15) is 0 Å². The standard InChI is InChI=1S/C14H20ClNO/c1-9-8-11(15)6-7-12(9)13(16)14(17)10-4-2-3-5-10/h6-8,10,13-14,17H,2-5,16H2,1H3/t13-,14+/m0/s1. The third-order valence-corrected chi connectivity index (χ3v) is 4.08. The average Bonchev–Trinajstić information content (AvgIpc) is 2.80. The van der Waals surface area contributed by atoms with Crippen LogP contribution in [0.15, 0.2) is 18.2 Å². The minimum atomic E-state index is -0.433. The second-order valence-corrected chi connectivity index (χ2v) is 5.50. The Hall–Kier alpha value is -0.570. The van der Waals surface area contributed by atoms with E-state index in [1.807, 2.05) is 25.1 Å². The van der Waals surface area contributed by atoms with E-state index in [1.54, 1.807) is 0 Å². The van der Waals surface area contributed by atoms with Crippen LogP contribution in [0, 0.1) is 12.8 Å². The van der Waals surface area contributed by atoms with Gasteiger partial charge in [0, 0.05) is 5.02 Å². The summed E-state index contributed by atoms with van der Waals surface area (Å²) in [6.07, 6.45) is 4.20. The zero-order chi connectivity index (χ0) is 12.4. The highest BCUT2D eigenvalue weighted by Gasteiger charge is 2.29. The normalized spacial score (nSPS) is 20.5. The van der Waals surface area contributed by atoms with Crippen LogP contribution < -0.4 is 5.73 Å². The SMILES string of the molecule is Cc1cc(Cl)ccc1[C@H](N)[C@H](O)C1CCCC1. The van der Waals surface area contributed by atoms with Gasteiger partial charge in [-0.25, -0.2) is 0 Å². The molecule has 3 N–H and O–H groups in total. The van der Waals surface area contributed by atoms with E-state index in [2.05, 4.69) is 0 Å². The molecule has 1 aliphatic carbocycles. The Morgan fingerprint density at radius 2 is 2.00 bits per heavy atom. The second kappa shape index (κ2) is 5.38. The third-order valence-electron chi connectivity index (χ3n) is 3.84. The van der Waals surface area contributed by atoms with Crippen LogP contribution in [0.4, 0.5) is 0 Å². The monoisotopic (exact) mass is 253 g/mol. The molecule has 3 heteroatoms. The van der Waals surface area contributed by atoms with Crippen LogP contribution in [-0.4, -0.2) is 11.2 Å². The number of aliphatic hydroxyl groups excluding tert-OH is 1. The Bertz CT molecular complexity index is 388. The lowest BCUT2D eigenvalue weighted by atomic mass is 9.89. The Morgan fingerprint density at radius 1 is 1.35 bits per heavy atom. The Balaban J connectivity index is 2.15. The summed E-state index contributed by atoms with van der Waals surface area (Å²) in [5.41, 5.74) is 8.24. The van der Waals surface area contributed by atoms with Crippen LogP contribution >= 0.6 is 11.6 Å². The summed E-state index contributed by atoms with van der Waals surface area (Å²) in [7, 11) is 0. The molecule has 0 bridgehead atoms. The van der Waals surface area contributed by atoms with Gasteiger partial charge in [0.25, 0.3) is 0 Å². The van der Waals surface area contributed by atoms with Crippen molar-refractivity contribution in [2.45, 2.75) is 44.8 Å². The molecule has 1 aromatic carbocycles. The van der Waals surface area contributed by atoms with E-state index < -0.39 is 6.10 Å². The number of hydrogen-bond acceptors (Lipinski definition) is 2. The van der Waals surface area contributed by atoms with Gasteiger partial charge in [-0.2, -0.15) is 0 Å². The summed E-state index contributed by atoms with van der Waals surface area (Å²) in [4.78, 5) is 0. The molecule has 94 valence electrons. The Kier molecular flexibility index (Phi) is 4.08. The molecule has 17 heavy (non-hydrogen) atoms. The predicted molar refractivity (Wildman–Crippen MR) is 71.1 cm³/mol. The van der Waals surface area contributed by atoms with E-state index in [0.29, 0.717) is 10.9 Å². The highest BCUT2D eigenvalue weighted by molar-refractivity contribution is 6.30. The summed E-state index contributed by atoms with van der Waals surface area (Å²) in [6.45, 7) is 1.99. The first-order chi connectivity index (χ1) is 8.09. The van der Waals surface area contributed by atoms with E-state index in [4.69, 9.17) is 17.3 Å². The van der Waals surface area contributed by atoms with E-state index in [9.17, 15) is 5.11 Å². The number of aryl methyl sites for hydroxylation is 1. The lowest BCUT2D eigenvalue weighted by molar-refractivity contribution is 0.0843. The first-order valence-corrected chi connectivity index (χ1v) is 6.67. The molecule has 2 nitrogen and oxygen atoms in total. The van der Waals surface area contributed by atoms with Crippen molar-refractivity contribution >= 4 is 11.6 Å². The molecule has 0 heterocycles. The molecule has 0 unspecified atom stereocenters. The molecule has 0 spiro atoms. The molecular formula is C14H20ClNO. The maximum absolute atomic E-state index is 10.3. The quantitative estimate of drug-likeness (QED) is 0.869. The molecule has 1 aromatic rings. The van der Waals surface area contributed by atoms with E-state index in [0.717, 1.165) is 24.0 Å². The highest BCUT2D eigenvalue weighted by Crippen LogP contribution is 2.33. The van der Waals surface area contributed by atoms with Gasteiger partial charge in [0.05, 0.1) is 12.1 Å². The first kappa shape index (κ1) is 12.9. The summed E-state index contributed by atoms with van der Waals surface area (Å²) >= 11 is 5.93. The highest BCUT2D eigenvalue weighted by atomic mass is 35.5. The second-order valence-electron chi connectivity index (χ2n) is 5.06. The zero-order valence-corrected chi connectivity index (χ0v) is 11.0. The smallest absolute Gasteiger partial charge is 0.0760 e. The van der Waals surface area contributed by atoms with E-state index in [-0.39, 0.29) is 6.04 Å². The zero-order valence-electron chi connectivity index (χ0n) is 10.2. The van der Waals surface area contributed by atoms with Gasteiger partial charge in [-0.1, -0.05) is 30.5 Å². The minimum absolute atomic E-state index is 0.296. The average molecular weight is 254 g/mol. The fraction of sp³-hybridized carbons (Fsp3) is 0.571. The van der Waals surface area contributed by atoms with Crippen LogP contribution in [0.1, 0.15) is 42.9 Å². The maximum Gasteiger partial charge on any atom is 0.0760 e. The molecule has 2 rings (SSSR count). The van der Waals surface area contributed by atoms with Crippen LogP contribution in [0.2, 0.25) is 5.02 Å². The van der Waals surface area contributed by atoms with Gasteiger partial charge in [-0.15, -0.1) is 0 Å². The minimum Gasteiger partial charge on any atom is -0.391 e. The fourth-order valence-corrected chi connectivity index (χ4v) is 3.02. The van der Waals surface area contributed by atoms with Crippen molar-refractivity contribution in [2.75, 3.05) is 0 Å². The molecule has 0 saturated heterocycles. The van der Waals surface area contributed by atoms with Crippen molar-refractivity contribution in [1.82, 2.24) is 0 Å². The summed E-state index contributed by atoms with van der Waals surface area (Å²) in [6, 6.07) is 5.37. The van der Waals surface area contributed by atoms with Crippen LogP contribution in [0.25, 0.3) is 0 Å². The van der Waals surface area contributed by atoms with Gasteiger partial charge < -0.3 is 10.8 Å². The summed E-state index contributed by atoms with van der Waals surface area (Å²) < 4.78 is 0. The number of benzene rings is 1. The summed E-state index contributed by atoms with van der Waals surface area (Å²) in [5.74, 6) is 0.361. The molecule has 0 aliphatic heterocycles. The Morgan fingerprint density at radius 3 is 2.59 bits per heavy atom. The van der Waals surface area contributed by atoms with E-state index >= 15 is 0 Å². The predicted octanol–water partition coefficient (Wildman–Crippen LogP) is 3.20. The van der Waals surface area contributed by atoms with Gasteiger partial charge in [-0.3, -0.25) is 0 Å². The molecule has 1 fully saturated rings. The van der Waals surface area contributed by atoms with Crippen molar-refractivity contribution in [3.05, 3.63) is 34.3 Å². The van der Waals surface area contributed by atoms with Crippen molar-refractivity contribution in [3.63, 3.8) is 0 Å². The lowest BCUT2D eigenvalue weighted by Crippen LogP contribution is -2.32. The Labute approximate surface area is 108 Å². The van der Waals surface area contributed by atoms with Gasteiger partial charge in [-0.05, 0) is 48.9 Å². The summed E-state index contributed by atoms with van der Waals surface area (Å²) in [5, 5.41) is 11.0. The van der Waals surface area contributed by atoms with Gasteiger partial charge >= 0.3 is 0 Å². The first-order valence-electron chi connectivity index (χ1n) is 6.29. The third kappa shape index (κ3) is 2.82. The maximum atomic E-state index is 10.3. The number of halogens is 1. The molecule has 2 atom stereocenters. The number of aliphatic hydroxyl groups is 1. The van der Waals surface area contributed by atoms with Crippen LogP contribution in [-0.2, 0) is 0 Å². The molecule has 0 radical (unpaired) electrons. The van der Waals surface area contributed by atoms with Crippen molar-refractivity contribution in [1.29, 1.82) is 0 Å². The molecule has 1 aliphatic rings. The molecule has 0 aromatic heterocycles. The number of rotatable bonds is 3. The number of nitrogens with two attached hydrogens (primary N) is 1. The van der Waals surface area contributed by atoms with Crippen molar-refractivity contribution < 1.29 is 5.11 Å². The van der Waals surface area contributed by atoms with Crippen molar-refractivity contribution in [3.8, 4) is 0 Å². The van der Waals surface area contributed by atoms with Crippen molar-refractivity contribution in [2.24, 2.45) is 11.7 Å². The molecule has 1 saturated carbocycles. The topological polar surface area (TPSA) is 46.2 Å². The number of hydrogen-bond donors (Lipinski definition) is 2.